The largest absolute Gasteiger partial charge is 0.379 e. The van der Waals surface area contributed by atoms with Gasteiger partial charge >= 0.3 is 0 Å². The average molecular weight is 411 g/mol. The number of hydrogen-bond acceptors (Lipinski definition) is 3. The third-order valence-corrected chi connectivity index (χ3v) is 4.80. The van der Waals surface area contributed by atoms with Crippen LogP contribution in [0.5, 0.6) is 0 Å². The molecule has 2 aromatic rings. The van der Waals surface area contributed by atoms with Gasteiger partial charge in [-0.15, -0.1) is 0 Å². The second-order valence-electron chi connectivity index (χ2n) is 5.18. The molecule has 3 rings (SSSR count). The average Bonchev–Trinajstić information content (AvgIpc) is 3.01. The second-order valence-corrected chi connectivity index (χ2v) is 6.95. The lowest BCUT2D eigenvalue weighted by molar-refractivity contribution is 0.949. The molecule has 0 aliphatic carbocycles. The minimum atomic E-state index is 0.705. The van der Waals surface area contributed by atoms with Crippen LogP contribution >= 0.6 is 31.9 Å². The van der Waals surface area contributed by atoms with Gasteiger partial charge in [0.25, 0.3) is 0 Å². The maximum atomic E-state index is 4.41. The van der Waals surface area contributed by atoms with Gasteiger partial charge in [-0.3, -0.25) is 4.98 Å². The Hall–Kier alpha value is -1.07. The summed E-state index contributed by atoms with van der Waals surface area (Å²) in [6.07, 6.45) is 4.44. The number of nitrogens with zero attached hydrogens (tertiary/aromatic N) is 2. The van der Waals surface area contributed by atoms with E-state index in [1.807, 2.05) is 12.3 Å². The molecule has 0 bridgehead atoms. The predicted molar refractivity (Wildman–Crippen MR) is 94.9 cm³/mol. The number of anilines is 2. The molecule has 1 aliphatic heterocycles. The zero-order valence-electron chi connectivity index (χ0n) is 11.6. The molecule has 2 heterocycles. The smallest absolute Gasteiger partial charge is 0.0737 e. The minimum Gasteiger partial charge on any atom is -0.379 e. The van der Waals surface area contributed by atoms with Crippen LogP contribution in [0, 0.1) is 0 Å². The fourth-order valence-electron chi connectivity index (χ4n) is 2.52. The summed E-state index contributed by atoms with van der Waals surface area (Å²) in [4.78, 5) is 6.85. The molecule has 5 heteroatoms. The maximum Gasteiger partial charge on any atom is 0.0737 e. The Morgan fingerprint density at radius 2 is 1.81 bits per heavy atom. The summed E-state index contributed by atoms with van der Waals surface area (Å²) in [6.45, 7) is 3.07. The van der Waals surface area contributed by atoms with Crippen LogP contribution in [-0.4, -0.2) is 18.1 Å². The van der Waals surface area contributed by atoms with Crippen molar-refractivity contribution in [3.8, 4) is 0 Å². The third kappa shape index (κ3) is 3.77. The van der Waals surface area contributed by atoms with Gasteiger partial charge in [-0.2, -0.15) is 0 Å². The highest BCUT2D eigenvalue weighted by atomic mass is 79.9. The Morgan fingerprint density at radius 1 is 1.10 bits per heavy atom. The molecule has 1 fully saturated rings. The molecule has 0 saturated carbocycles. The molecule has 1 saturated heterocycles. The van der Waals surface area contributed by atoms with Gasteiger partial charge in [0.1, 0.15) is 0 Å². The van der Waals surface area contributed by atoms with E-state index in [4.69, 9.17) is 0 Å². The van der Waals surface area contributed by atoms with E-state index in [1.165, 1.54) is 31.6 Å². The highest BCUT2D eigenvalue weighted by Crippen LogP contribution is 2.23. The van der Waals surface area contributed by atoms with Crippen LogP contribution in [0.25, 0.3) is 0 Å². The Morgan fingerprint density at radius 3 is 2.48 bits per heavy atom. The SMILES string of the molecule is Brc1cnc(CNc2ccc(N3CCCC3)cc2)c(Br)c1. The molecule has 0 radical (unpaired) electrons. The summed E-state index contributed by atoms with van der Waals surface area (Å²) in [5.41, 5.74) is 3.44. The summed E-state index contributed by atoms with van der Waals surface area (Å²) in [7, 11) is 0. The van der Waals surface area contributed by atoms with Crippen LogP contribution in [0.1, 0.15) is 18.5 Å². The van der Waals surface area contributed by atoms with Crippen LogP contribution in [0.2, 0.25) is 0 Å². The Labute approximate surface area is 142 Å². The maximum absolute atomic E-state index is 4.41. The summed E-state index contributed by atoms with van der Waals surface area (Å²) in [5.74, 6) is 0. The summed E-state index contributed by atoms with van der Waals surface area (Å²) < 4.78 is 1.99. The Balaban J connectivity index is 1.62. The normalized spacial score (nSPS) is 14.5. The van der Waals surface area contributed by atoms with Crippen molar-refractivity contribution in [3.63, 3.8) is 0 Å². The highest BCUT2D eigenvalue weighted by molar-refractivity contribution is 9.11. The lowest BCUT2D eigenvalue weighted by atomic mass is 10.2. The number of nitrogens with one attached hydrogen (secondary N) is 1. The van der Waals surface area contributed by atoms with Gasteiger partial charge in [0.2, 0.25) is 0 Å². The zero-order chi connectivity index (χ0) is 14.7. The van der Waals surface area contributed by atoms with Crippen LogP contribution < -0.4 is 10.2 Å². The van der Waals surface area contributed by atoms with E-state index in [1.54, 1.807) is 0 Å². The van der Waals surface area contributed by atoms with Crippen LogP contribution in [0.15, 0.2) is 45.5 Å². The number of rotatable bonds is 4. The molecule has 0 atom stereocenters. The Kier molecular flexibility index (Phi) is 4.80. The van der Waals surface area contributed by atoms with Crippen molar-refractivity contribution in [2.45, 2.75) is 19.4 Å². The minimum absolute atomic E-state index is 0.705. The number of halogens is 2. The molecule has 0 spiro atoms. The lowest BCUT2D eigenvalue weighted by Crippen LogP contribution is -2.17. The third-order valence-electron chi connectivity index (χ3n) is 3.68. The molecule has 0 amide bonds. The number of aromatic nitrogens is 1. The second kappa shape index (κ2) is 6.79. The lowest BCUT2D eigenvalue weighted by Gasteiger charge is -2.18. The molecule has 3 nitrogen and oxygen atoms in total. The first kappa shape index (κ1) is 14.9. The molecule has 1 aliphatic rings. The van der Waals surface area contributed by atoms with Crippen molar-refractivity contribution in [1.29, 1.82) is 0 Å². The van der Waals surface area contributed by atoms with Crippen molar-refractivity contribution >= 4 is 43.2 Å². The van der Waals surface area contributed by atoms with Gasteiger partial charge in [-0.25, -0.2) is 0 Å². The fraction of sp³-hybridized carbons (Fsp3) is 0.312. The molecule has 21 heavy (non-hydrogen) atoms. The van der Waals surface area contributed by atoms with Gasteiger partial charge in [0.15, 0.2) is 0 Å². The quantitative estimate of drug-likeness (QED) is 0.783. The summed E-state index contributed by atoms with van der Waals surface area (Å²) >= 11 is 6.95. The van der Waals surface area contributed by atoms with Gasteiger partial charge < -0.3 is 10.2 Å². The van der Waals surface area contributed by atoms with Crippen molar-refractivity contribution in [2.75, 3.05) is 23.3 Å². The van der Waals surface area contributed by atoms with Crippen molar-refractivity contribution in [2.24, 2.45) is 0 Å². The Bertz CT molecular complexity index is 607. The van der Waals surface area contributed by atoms with E-state index in [9.17, 15) is 0 Å². The first-order chi connectivity index (χ1) is 10.2. The van der Waals surface area contributed by atoms with Crippen molar-refractivity contribution in [1.82, 2.24) is 4.98 Å². The predicted octanol–water partition coefficient (Wildman–Crippen LogP) is 4.82. The summed E-state index contributed by atoms with van der Waals surface area (Å²) in [6, 6.07) is 10.7. The molecular weight excluding hydrogens is 394 g/mol. The summed E-state index contributed by atoms with van der Waals surface area (Å²) in [5, 5.41) is 3.41. The van der Waals surface area contributed by atoms with Crippen LogP contribution in [-0.2, 0) is 6.54 Å². The first-order valence-corrected chi connectivity index (χ1v) is 8.70. The number of pyridine rings is 1. The molecule has 1 aromatic heterocycles. The standard InChI is InChI=1S/C16H17Br2N3/c17-12-9-15(18)16(20-10-12)11-19-13-3-5-14(6-4-13)21-7-1-2-8-21/h3-6,9-10,19H,1-2,7-8,11H2. The monoisotopic (exact) mass is 409 g/mol. The zero-order valence-corrected chi connectivity index (χ0v) is 14.8. The van der Waals surface area contributed by atoms with Crippen LogP contribution in [0.3, 0.4) is 0 Å². The molecule has 1 N–H and O–H groups in total. The number of hydrogen-bond donors (Lipinski definition) is 1. The molecule has 0 unspecified atom stereocenters. The van der Waals surface area contributed by atoms with E-state index >= 15 is 0 Å². The van der Waals surface area contributed by atoms with Crippen LogP contribution in [0.4, 0.5) is 11.4 Å². The van der Waals surface area contributed by atoms with E-state index in [0.29, 0.717) is 6.54 Å². The van der Waals surface area contributed by atoms with Crippen molar-refractivity contribution < 1.29 is 0 Å². The topological polar surface area (TPSA) is 28.2 Å². The molecule has 1 aromatic carbocycles. The van der Waals surface area contributed by atoms with Gasteiger partial charge in [-0.05, 0) is 75.0 Å². The van der Waals surface area contributed by atoms with Crippen molar-refractivity contribution in [3.05, 3.63) is 51.2 Å². The van der Waals surface area contributed by atoms with E-state index in [-0.39, 0.29) is 0 Å². The highest BCUT2D eigenvalue weighted by Gasteiger charge is 2.11. The fourth-order valence-corrected chi connectivity index (χ4v) is 3.65. The van der Waals surface area contributed by atoms with E-state index < -0.39 is 0 Å². The molecule has 110 valence electrons. The van der Waals surface area contributed by atoms with E-state index in [2.05, 4.69) is 71.3 Å². The van der Waals surface area contributed by atoms with Gasteiger partial charge in [-0.1, -0.05) is 0 Å². The number of benzene rings is 1. The van der Waals surface area contributed by atoms with Gasteiger partial charge in [0, 0.05) is 39.6 Å². The van der Waals surface area contributed by atoms with E-state index in [0.717, 1.165) is 20.3 Å². The molecular formula is C16H17Br2N3. The van der Waals surface area contributed by atoms with Gasteiger partial charge in [0.05, 0.1) is 12.2 Å². The first-order valence-electron chi connectivity index (χ1n) is 7.11.